The topological polar surface area (TPSA) is 68.5 Å². The predicted octanol–water partition coefficient (Wildman–Crippen LogP) is 3.22. The van der Waals surface area contributed by atoms with Crippen LogP contribution >= 0.6 is 0 Å². The summed E-state index contributed by atoms with van der Waals surface area (Å²) in [6.07, 6.45) is 3.81. The van der Waals surface area contributed by atoms with E-state index in [9.17, 15) is 9.18 Å². The van der Waals surface area contributed by atoms with Crippen LogP contribution in [-0.2, 0) is 11.3 Å². The molecule has 1 saturated carbocycles. The molecule has 0 N–H and O–H groups in total. The van der Waals surface area contributed by atoms with Crippen molar-refractivity contribution in [3.8, 4) is 0 Å². The molecule has 1 saturated heterocycles. The van der Waals surface area contributed by atoms with Crippen LogP contribution in [0.1, 0.15) is 59.2 Å². The molecule has 1 amide bonds. The van der Waals surface area contributed by atoms with Gasteiger partial charge in [-0.15, -0.1) is 0 Å². The molecule has 2 aromatic rings. The Balaban J connectivity index is 1.26. The third-order valence-corrected chi connectivity index (χ3v) is 5.02. The molecule has 26 heavy (non-hydrogen) atoms. The normalized spacial score (nSPS) is 18.3. The highest BCUT2D eigenvalue weighted by molar-refractivity contribution is 5.94. The number of carbonyl (C=O) groups excluding carboxylic acids is 1. The molecule has 0 atom stereocenters. The number of benzene rings is 1. The highest BCUT2D eigenvalue weighted by atomic mass is 19.1. The summed E-state index contributed by atoms with van der Waals surface area (Å²) in [6, 6.07) is 4.63. The summed E-state index contributed by atoms with van der Waals surface area (Å²) in [5.74, 6) is 1.29. The summed E-state index contributed by atoms with van der Waals surface area (Å²) in [4.78, 5) is 18.6. The lowest BCUT2D eigenvalue weighted by molar-refractivity contribution is -0.00978. The minimum Gasteiger partial charge on any atom is -0.368 e. The molecule has 0 spiro atoms. The Hall–Kier alpha value is -2.28. The Morgan fingerprint density at radius 2 is 2.08 bits per heavy atom. The first-order valence-corrected chi connectivity index (χ1v) is 9.09. The zero-order valence-corrected chi connectivity index (χ0v) is 14.8. The quantitative estimate of drug-likeness (QED) is 0.820. The van der Waals surface area contributed by atoms with Gasteiger partial charge in [0.15, 0.2) is 5.82 Å². The molecule has 4 rings (SSSR count). The molecule has 1 aromatic heterocycles. The van der Waals surface area contributed by atoms with Gasteiger partial charge in [-0.2, -0.15) is 4.98 Å². The first-order valence-electron chi connectivity index (χ1n) is 9.09. The first kappa shape index (κ1) is 17.1. The van der Waals surface area contributed by atoms with E-state index in [-0.39, 0.29) is 17.8 Å². The molecule has 2 aliphatic rings. The second-order valence-corrected chi connectivity index (χ2v) is 7.09. The highest BCUT2D eigenvalue weighted by Crippen LogP contribution is 2.38. The molecule has 0 radical (unpaired) electrons. The Morgan fingerprint density at radius 1 is 1.31 bits per heavy atom. The van der Waals surface area contributed by atoms with Gasteiger partial charge < -0.3 is 14.2 Å². The molecule has 0 unspecified atom stereocenters. The second kappa shape index (κ2) is 7.15. The van der Waals surface area contributed by atoms with E-state index in [0.717, 1.165) is 31.5 Å². The number of piperidine rings is 1. The number of ether oxygens (including phenoxy) is 1. The number of rotatable bonds is 5. The van der Waals surface area contributed by atoms with Gasteiger partial charge >= 0.3 is 0 Å². The van der Waals surface area contributed by atoms with Gasteiger partial charge in [-0.05, 0) is 50.3 Å². The molecular formula is C19H22FN3O3. The van der Waals surface area contributed by atoms with Crippen LogP contribution in [0.25, 0.3) is 0 Å². The van der Waals surface area contributed by atoms with E-state index < -0.39 is 0 Å². The second-order valence-electron chi connectivity index (χ2n) is 7.09. The number of nitrogens with zero attached hydrogens (tertiary/aromatic N) is 3. The number of aryl methyl sites for hydroxylation is 1. The fourth-order valence-electron chi connectivity index (χ4n) is 3.16. The van der Waals surface area contributed by atoms with Crippen LogP contribution in [0.15, 0.2) is 22.7 Å². The number of likely N-dealkylation sites (tertiary alicyclic amines) is 1. The van der Waals surface area contributed by atoms with E-state index in [2.05, 4.69) is 10.1 Å². The van der Waals surface area contributed by atoms with Gasteiger partial charge in [0, 0.05) is 24.6 Å². The lowest BCUT2D eigenvalue weighted by Crippen LogP contribution is -2.40. The monoisotopic (exact) mass is 359 g/mol. The fourth-order valence-corrected chi connectivity index (χ4v) is 3.16. The first-order chi connectivity index (χ1) is 12.6. The van der Waals surface area contributed by atoms with Crippen molar-refractivity contribution in [1.82, 2.24) is 15.0 Å². The Morgan fingerprint density at radius 3 is 2.77 bits per heavy atom. The molecule has 1 aliphatic heterocycles. The zero-order valence-electron chi connectivity index (χ0n) is 14.8. The maximum absolute atomic E-state index is 13.7. The molecular weight excluding hydrogens is 337 g/mol. The Labute approximate surface area is 151 Å². The van der Waals surface area contributed by atoms with Crippen molar-refractivity contribution in [2.45, 2.75) is 51.2 Å². The van der Waals surface area contributed by atoms with Crippen LogP contribution in [0, 0.1) is 12.7 Å². The highest BCUT2D eigenvalue weighted by Gasteiger charge is 2.29. The summed E-state index contributed by atoms with van der Waals surface area (Å²) >= 11 is 0. The average Bonchev–Trinajstić information content (AvgIpc) is 3.40. The van der Waals surface area contributed by atoms with Crippen LogP contribution in [0.5, 0.6) is 0 Å². The van der Waals surface area contributed by atoms with Crippen LogP contribution in [0.3, 0.4) is 0 Å². The lowest BCUT2D eigenvalue weighted by atomic mass is 10.1. The molecule has 2 heterocycles. The average molecular weight is 359 g/mol. The lowest BCUT2D eigenvalue weighted by Gasteiger charge is -2.31. The summed E-state index contributed by atoms with van der Waals surface area (Å²) in [5.41, 5.74) is 0.936. The number of halogens is 1. The standard InChI is InChI=1S/C19H22FN3O3/c1-12-2-3-14(10-16(12)20)19(24)23-8-6-15(7-9-23)25-11-17-21-18(22-26-17)13-4-5-13/h2-3,10,13,15H,4-9,11H2,1H3. The number of amides is 1. The van der Waals surface area contributed by atoms with Gasteiger partial charge in [-0.25, -0.2) is 4.39 Å². The van der Waals surface area contributed by atoms with Crippen molar-refractivity contribution < 1.29 is 18.4 Å². The Bertz CT molecular complexity index is 795. The van der Waals surface area contributed by atoms with Gasteiger partial charge in [0.1, 0.15) is 12.4 Å². The number of aromatic nitrogens is 2. The summed E-state index contributed by atoms with van der Waals surface area (Å²) < 4.78 is 24.7. The predicted molar refractivity (Wildman–Crippen MR) is 91.1 cm³/mol. The number of carbonyl (C=O) groups is 1. The van der Waals surface area contributed by atoms with Gasteiger partial charge in [0.2, 0.25) is 0 Å². The van der Waals surface area contributed by atoms with Crippen molar-refractivity contribution in [1.29, 1.82) is 0 Å². The van der Waals surface area contributed by atoms with Gasteiger partial charge in [0.05, 0.1) is 6.10 Å². The van der Waals surface area contributed by atoms with Gasteiger partial charge in [0.25, 0.3) is 11.8 Å². The fraction of sp³-hybridized carbons (Fsp3) is 0.526. The molecule has 7 heteroatoms. The molecule has 1 aromatic carbocycles. The molecule has 1 aliphatic carbocycles. The van der Waals surface area contributed by atoms with Crippen molar-refractivity contribution >= 4 is 5.91 Å². The summed E-state index contributed by atoms with van der Waals surface area (Å²) in [5, 5.41) is 3.97. The third-order valence-electron chi connectivity index (χ3n) is 5.02. The minimum absolute atomic E-state index is 0.0603. The minimum atomic E-state index is -0.348. The largest absolute Gasteiger partial charge is 0.368 e. The van der Waals surface area contributed by atoms with E-state index in [4.69, 9.17) is 9.26 Å². The van der Waals surface area contributed by atoms with E-state index in [0.29, 0.717) is 42.6 Å². The van der Waals surface area contributed by atoms with Crippen LogP contribution in [0.2, 0.25) is 0 Å². The number of hydrogen-bond acceptors (Lipinski definition) is 5. The van der Waals surface area contributed by atoms with Crippen molar-refractivity contribution in [3.63, 3.8) is 0 Å². The molecule has 2 fully saturated rings. The SMILES string of the molecule is Cc1ccc(C(=O)N2CCC(OCc3nc(C4CC4)no3)CC2)cc1F. The van der Waals surface area contributed by atoms with E-state index in [1.54, 1.807) is 24.0 Å². The molecule has 138 valence electrons. The van der Waals surface area contributed by atoms with Crippen LogP contribution in [-0.4, -0.2) is 40.1 Å². The van der Waals surface area contributed by atoms with Crippen LogP contribution in [0.4, 0.5) is 4.39 Å². The van der Waals surface area contributed by atoms with Crippen molar-refractivity contribution in [2.24, 2.45) is 0 Å². The maximum Gasteiger partial charge on any atom is 0.253 e. The maximum atomic E-state index is 13.7. The summed E-state index contributed by atoms with van der Waals surface area (Å²) in [6.45, 7) is 3.18. The van der Waals surface area contributed by atoms with E-state index in [1.165, 1.54) is 6.07 Å². The molecule has 0 bridgehead atoms. The van der Waals surface area contributed by atoms with E-state index in [1.807, 2.05) is 0 Å². The van der Waals surface area contributed by atoms with E-state index >= 15 is 0 Å². The number of hydrogen-bond donors (Lipinski definition) is 0. The molecule has 6 nitrogen and oxygen atoms in total. The van der Waals surface area contributed by atoms with Gasteiger partial charge in [-0.3, -0.25) is 4.79 Å². The Kier molecular flexibility index (Phi) is 4.72. The zero-order chi connectivity index (χ0) is 18.1. The van der Waals surface area contributed by atoms with Crippen molar-refractivity contribution in [3.05, 3.63) is 46.9 Å². The summed E-state index contributed by atoms with van der Waals surface area (Å²) in [7, 11) is 0. The van der Waals surface area contributed by atoms with Gasteiger partial charge in [-0.1, -0.05) is 11.2 Å². The van der Waals surface area contributed by atoms with Crippen molar-refractivity contribution in [2.75, 3.05) is 13.1 Å². The third kappa shape index (κ3) is 3.77. The smallest absolute Gasteiger partial charge is 0.253 e. The van der Waals surface area contributed by atoms with Crippen LogP contribution < -0.4 is 0 Å².